The van der Waals surface area contributed by atoms with E-state index >= 15 is 0 Å². The zero-order valence-corrected chi connectivity index (χ0v) is 11.8. The van der Waals surface area contributed by atoms with Crippen molar-refractivity contribution in [3.63, 3.8) is 0 Å². The second kappa shape index (κ2) is 7.65. The molecule has 0 aliphatic heterocycles. The molecule has 20 heavy (non-hydrogen) atoms. The van der Waals surface area contributed by atoms with E-state index in [2.05, 4.69) is 11.3 Å². The number of benzene rings is 1. The minimum absolute atomic E-state index is 0.0393. The maximum absolute atomic E-state index is 12.0. The molecule has 0 fully saturated rings. The SMILES string of the molecule is C=CCCOCCNS(=O)(=O)c1ccc(C#N)cc1N. The monoisotopic (exact) mass is 295 g/mol. The summed E-state index contributed by atoms with van der Waals surface area (Å²) in [6.07, 6.45) is 2.44. The molecule has 0 atom stereocenters. The molecule has 0 bridgehead atoms. The van der Waals surface area contributed by atoms with E-state index < -0.39 is 10.0 Å². The van der Waals surface area contributed by atoms with E-state index in [0.717, 1.165) is 6.42 Å². The first-order chi connectivity index (χ1) is 9.51. The molecule has 6 nitrogen and oxygen atoms in total. The van der Waals surface area contributed by atoms with Crippen LogP contribution < -0.4 is 10.5 Å². The molecule has 1 rings (SSSR count). The van der Waals surface area contributed by atoms with Gasteiger partial charge in [-0.3, -0.25) is 0 Å². The van der Waals surface area contributed by atoms with Gasteiger partial charge in [-0.25, -0.2) is 13.1 Å². The summed E-state index contributed by atoms with van der Waals surface area (Å²) in [5, 5.41) is 8.71. The summed E-state index contributed by atoms with van der Waals surface area (Å²) < 4.78 is 31.6. The first-order valence-electron chi connectivity index (χ1n) is 5.99. The molecule has 0 heterocycles. The van der Waals surface area contributed by atoms with Crippen LogP contribution in [-0.2, 0) is 14.8 Å². The lowest BCUT2D eigenvalue weighted by Gasteiger charge is -2.09. The summed E-state index contributed by atoms with van der Waals surface area (Å²) in [4.78, 5) is -0.0393. The lowest BCUT2D eigenvalue weighted by Crippen LogP contribution is -2.28. The van der Waals surface area contributed by atoms with Crippen LogP contribution in [0, 0.1) is 11.3 Å². The fraction of sp³-hybridized carbons (Fsp3) is 0.308. The maximum atomic E-state index is 12.0. The van der Waals surface area contributed by atoms with Crippen LogP contribution in [0.2, 0.25) is 0 Å². The summed E-state index contributed by atoms with van der Waals surface area (Å²) in [6.45, 7) is 4.48. The van der Waals surface area contributed by atoms with Crippen LogP contribution in [0.25, 0.3) is 0 Å². The Kier molecular flexibility index (Phi) is 6.18. The van der Waals surface area contributed by atoms with E-state index in [1.165, 1.54) is 18.2 Å². The molecular formula is C13H17N3O3S. The van der Waals surface area contributed by atoms with E-state index in [1.807, 2.05) is 6.07 Å². The van der Waals surface area contributed by atoms with E-state index in [-0.39, 0.29) is 23.7 Å². The van der Waals surface area contributed by atoms with Gasteiger partial charge < -0.3 is 10.5 Å². The van der Waals surface area contributed by atoms with Crippen molar-refractivity contribution < 1.29 is 13.2 Å². The number of hydrogen-bond acceptors (Lipinski definition) is 5. The molecule has 0 aliphatic rings. The normalized spacial score (nSPS) is 10.9. The molecule has 0 radical (unpaired) electrons. The van der Waals surface area contributed by atoms with Crippen molar-refractivity contribution in [1.82, 2.24) is 4.72 Å². The number of rotatable bonds is 8. The molecule has 0 aliphatic carbocycles. The summed E-state index contributed by atoms with van der Waals surface area (Å²) in [6, 6.07) is 5.95. The van der Waals surface area contributed by atoms with Crippen molar-refractivity contribution >= 4 is 15.7 Å². The van der Waals surface area contributed by atoms with Gasteiger partial charge in [0.15, 0.2) is 0 Å². The first-order valence-corrected chi connectivity index (χ1v) is 7.47. The number of nitriles is 1. The molecule has 0 unspecified atom stereocenters. The number of hydrogen-bond donors (Lipinski definition) is 2. The van der Waals surface area contributed by atoms with Gasteiger partial charge >= 0.3 is 0 Å². The van der Waals surface area contributed by atoms with Crippen LogP contribution in [0.3, 0.4) is 0 Å². The predicted molar refractivity (Wildman–Crippen MR) is 76.4 cm³/mol. The highest BCUT2D eigenvalue weighted by Gasteiger charge is 2.16. The number of nitrogens with zero attached hydrogens (tertiary/aromatic N) is 1. The Morgan fingerprint density at radius 2 is 2.20 bits per heavy atom. The molecule has 1 aromatic rings. The maximum Gasteiger partial charge on any atom is 0.242 e. The zero-order chi connectivity index (χ0) is 15.0. The fourth-order valence-electron chi connectivity index (χ4n) is 1.46. The molecular weight excluding hydrogens is 278 g/mol. The van der Waals surface area contributed by atoms with Crippen molar-refractivity contribution in [2.45, 2.75) is 11.3 Å². The van der Waals surface area contributed by atoms with Crippen LogP contribution in [0.15, 0.2) is 35.7 Å². The molecule has 0 spiro atoms. The first kappa shape index (κ1) is 16.2. The van der Waals surface area contributed by atoms with E-state index in [4.69, 9.17) is 15.7 Å². The van der Waals surface area contributed by atoms with Gasteiger partial charge in [0, 0.05) is 6.54 Å². The second-order valence-corrected chi connectivity index (χ2v) is 5.69. The van der Waals surface area contributed by atoms with Crippen LogP contribution in [0.1, 0.15) is 12.0 Å². The smallest absolute Gasteiger partial charge is 0.242 e. The number of nitrogens with one attached hydrogen (secondary N) is 1. The van der Waals surface area contributed by atoms with Crippen molar-refractivity contribution in [3.05, 3.63) is 36.4 Å². The standard InChI is InChI=1S/C13H17N3O3S/c1-2-3-7-19-8-6-16-20(17,18)13-5-4-11(10-14)9-12(13)15/h2,4-5,9,16H,1,3,6-8,15H2. The van der Waals surface area contributed by atoms with Gasteiger partial charge in [0.25, 0.3) is 0 Å². The van der Waals surface area contributed by atoms with E-state index in [9.17, 15) is 8.42 Å². The topological polar surface area (TPSA) is 105 Å². The minimum Gasteiger partial charge on any atom is -0.398 e. The average molecular weight is 295 g/mol. The Morgan fingerprint density at radius 3 is 2.80 bits per heavy atom. The third kappa shape index (κ3) is 4.66. The number of anilines is 1. The van der Waals surface area contributed by atoms with Crippen LogP contribution in [0.5, 0.6) is 0 Å². The Morgan fingerprint density at radius 1 is 1.45 bits per heavy atom. The number of sulfonamides is 1. The summed E-state index contributed by atoms with van der Waals surface area (Å²) in [5.74, 6) is 0. The van der Waals surface area contributed by atoms with Gasteiger partial charge in [-0.2, -0.15) is 5.26 Å². The van der Waals surface area contributed by atoms with Crippen LogP contribution in [-0.4, -0.2) is 28.2 Å². The highest BCUT2D eigenvalue weighted by atomic mass is 32.2. The Bertz CT molecular complexity index is 606. The van der Waals surface area contributed by atoms with Gasteiger partial charge in [0.05, 0.1) is 30.5 Å². The molecule has 0 amide bonds. The largest absolute Gasteiger partial charge is 0.398 e. The summed E-state index contributed by atoms with van der Waals surface area (Å²) in [7, 11) is -3.69. The highest BCUT2D eigenvalue weighted by Crippen LogP contribution is 2.19. The van der Waals surface area contributed by atoms with Crippen molar-refractivity contribution in [2.24, 2.45) is 0 Å². The Balaban J connectivity index is 2.61. The lowest BCUT2D eigenvalue weighted by molar-refractivity contribution is 0.144. The predicted octanol–water partition coefficient (Wildman–Crippen LogP) is 1.01. The number of nitrogens with two attached hydrogens (primary N) is 1. The van der Waals surface area contributed by atoms with Crippen LogP contribution >= 0.6 is 0 Å². The second-order valence-electron chi connectivity index (χ2n) is 3.95. The van der Waals surface area contributed by atoms with Crippen molar-refractivity contribution in [3.8, 4) is 6.07 Å². The van der Waals surface area contributed by atoms with Crippen molar-refractivity contribution in [1.29, 1.82) is 5.26 Å². The van der Waals surface area contributed by atoms with E-state index in [0.29, 0.717) is 12.2 Å². The van der Waals surface area contributed by atoms with Gasteiger partial charge in [-0.1, -0.05) is 6.08 Å². The van der Waals surface area contributed by atoms with Gasteiger partial charge in [-0.05, 0) is 24.6 Å². The van der Waals surface area contributed by atoms with Crippen molar-refractivity contribution in [2.75, 3.05) is 25.5 Å². The number of nitrogen functional groups attached to an aromatic ring is 1. The molecule has 7 heteroatoms. The third-order valence-corrected chi connectivity index (χ3v) is 3.97. The van der Waals surface area contributed by atoms with Gasteiger partial charge in [0.1, 0.15) is 4.90 Å². The molecule has 0 aromatic heterocycles. The Labute approximate surface area is 118 Å². The Hall–Kier alpha value is -1.88. The molecule has 1 aromatic carbocycles. The van der Waals surface area contributed by atoms with Gasteiger partial charge in [0.2, 0.25) is 10.0 Å². The summed E-state index contributed by atoms with van der Waals surface area (Å²) in [5.41, 5.74) is 6.00. The molecule has 3 N–H and O–H groups in total. The molecule has 108 valence electrons. The van der Waals surface area contributed by atoms with Gasteiger partial charge in [-0.15, -0.1) is 6.58 Å². The summed E-state index contributed by atoms with van der Waals surface area (Å²) >= 11 is 0. The zero-order valence-electron chi connectivity index (χ0n) is 11.0. The molecule has 0 saturated carbocycles. The van der Waals surface area contributed by atoms with E-state index in [1.54, 1.807) is 6.08 Å². The minimum atomic E-state index is -3.69. The molecule has 0 saturated heterocycles. The quantitative estimate of drug-likeness (QED) is 0.423. The lowest BCUT2D eigenvalue weighted by atomic mass is 10.2. The highest BCUT2D eigenvalue weighted by molar-refractivity contribution is 7.89. The average Bonchev–Trinajstić information content (AvgIpc) is 2.42. The number of ether oxygens (including phenoxy) is 1. The fourth-order valence-corrected chi connectivity index (χ4v) is 2.58. The third-order valence-electron chi connectivity index (χ3n) is 2.43. The van der Waals surface area contributed by atoms with Crippen LogP contribution in [0.4, 0.5) is 5.69 Å².